The van der Waals surface area contributed by atoms with Crippen molar-refractivity contribution in [3.63, 3.8) is 0 Å². The Balaban J connectivity index is 1.63. The van der Waals surface area contributed by atoms with Gasteiger partial charge in [-0.2, -0.15) is 4.98 Å². The maximum Gasteiger partial charge on any atom is 0.233 e. The number of oxazole rings is 1. The molecule has 5 nitrogen and oxygen atoms in total. The van der Waals surface area contributed by atoms with Crippen molar-refractivity contribution in [1.82, 2.24) is 4.98 Å². The molecule has 5 rings (SSSR count). The number of nitrogens with one attached hydrogen (secondary N) is 1. The summed E-state index contributed by atoms with van der Waals surface area (Å²) in [6.45, 7) is 0.389. The first-order chi connectivity index (χ1) is 17.5. The Morgan fingerprint density at radius 1 is 0.750 bits per heavy atom. The molecule has 1 heterocycles. The lowest BCUT2D eigenvalue weighted by molar-refractivity contribution is 0.498. The molecule has 0 radical (unpaired) electrons. The third-order valence-electron chi connectivity index (χ3n) is 5.80. The van der Waals surface area contributed by atoms with Crippen LogP contribution < -0.4 is 5.32 Å². The normalized spacial score (nSPS) is 11.5. The maximum absolute atomic E-state index is 13.7. The van der Waals surface area contributed by atoms with Gasteiger partial charge in [-0.1, -0.05) is 107 Å². The molecular weight excluding hydrogens is 536 g/mol. The Bertz CT molecular complexity index is 1500. The van der Waals surface area contributed by atoms with Gasteiger partial charge < -0.3 is 9.73 Å². The summed E-state index contributed by atoms with van der Waals surface area (Å²) in [7, 11) is -3.96. The van der Waals surface area contributed by atoms with Gasteiger partial charge in [-0.25, -0.2) is 8.42 Å². The highest BCUT2D eigenvalue weighted by Gasteiger charge is 2.31. The van der Waals surface area contributed by atoms with Crippen LogP contribution in [0.2, 0.25) is 0 Å². The number of sulfone groups is 1. The fraction of sp³-hybridized carbons (Fsp3) is 0.0690. The van der Waals surface area contributed by atoms with Gasteiger partial charge in [0, 0.05) is 11.0 Å². The van der Waals surface area contributed by atoms with Crippen molar-refractivity contribution in [1.29, 1.82) is 0 Å². The number of halogens is 1. The maximum atomic E-state index is 13.7. The first-order valence-corrected chi connectivity index (χ1v) is 13.7. The molecule has 4 aromatic carbocycles. The van der Waals surface area contributed by atoms with Gasteiger partial charge in [0.2, 0.25) is 26.6 Å². The second-order valence-corrected chi connectivity index (χ2v) is 11.0. The quantitative estimate of drug-likeness (QED) is 0.220. The van der Waals surface area contributed by atoms with Gasteiger partial charge in [-0.05, 0) is 41.0 Å². The molecule has 0 aliphatic carbocycles. The fourth-order valence-electron chi connectivity index (χ4n) is 4.01. The summed E-state index contributed by atoms with van der Waals surface area (Å²) >= 11 is 3.37. The van der Waals surface area contributed by atoms with Crippen molar-refractivity contribution >= 4 is 31.7 Å². The van der Waals surface area contributed by atoms with E-state index in [-0.39, 0.29) is 21.7 Å². The van der Waals surface area contributed by atoms with Gasteiger partial charge in [0.1, 0.15) is 0 Å². The summed E-state index contributed by atoms with van der Waals surface area (Å²) in [5, 5.41) is 3.05. The minimum absolute atomic E-state index is 0.119. The van der Waals surface area contributed by atoms with Crippen LogP contribution in [-0.4, -0.2) is 13.4 Å². The van der Waals surface area contributed by atoms with Crippen LogP contribution >= 0.6 is 15.9 Å². The highest BCUT2D eigenvalue weighted by Crippen LogP contribution is 2.37. The summed E-state index contributed by atoms with van der Waals surface area (Å²) in [5.41, 5.74) is 2.89. The topological polar surface area (TPSA) is 72.2 Å². The molecular formula is C29H23BrN2O3S. The largest absolute Gasteiger partial charge is 0.423 e. The van der Waals surface area contributed by atoms with Crippen LogP contribution in [0.3, 0.4) is 0 Å². The van der Waals surface area contributed by atoms with E-state index in [1.54, 1.807) is 24.3 Å². The number of hydrogen-bond donors (Lipinski definition) is 1. The predicted molar refractivity (Wildman–Crippen MR) is 144 cm³/mol. The molecule has 1 aromatic heterocycles. The Hall–Kier alpha value is -3.68. The van der Waals surface area contributed by atoms with Crippen molar-refractivity contribution < 1.29 is 12.8 Å². The van der Waals surface area contributed by atoms with Crippen molar-refractivity contribution in [2.75, 3.05) is 5.32 Å². The highest BCUT2D eigenvalue weighted by molar-refractivity contribution is 9.10. The lowest BCUT2D eigenvalue weighted by Gasteiger charge is -2.14. The van der Waals surface area contributed by atoms with Gasteiger partial charge in [-0.3, -0.25) is 0 Å². The van der Waals surface area contributed by atoms with Crippen LogP contribution in [0.4, 0.5) is 5.88 Å². The van der Waals surface area contributed by atoms with Gasteiger partial charge in [0.15, 0.2) is 0 Å². The first kappa shape index (κ1) is 24.0. The Kier molecular flexibility index (Phi) is 7.02. The zero-order valence-electron chi connectivity index (χ0n) is 19.2. The van der Waals surface area contributed by atoms with Gasteiger partial charge in [0.25, 0.3) is 0 Å². The molecule has 180 valence electrons. The molecule has 0 atom stereocenters. The molecule has 7 heteroatoms. The summed E-state index contributed by atoms with van der Waals surface area (Å²) < 4.78 is 34.4. The third kappa shape index (κ3) is 5.12. The van der Waals surface area contributed by atoms with E-state index < -0.39 is 9.84 Å². The smallest absolute Gasteiger partial charge is 0.233 e. The van der Waals surface area contributed by atoms with Crippen molar-refractivity contribution in [3.8, 4) is 0 Å². The van der Waals surface area contributed by atoms with Crippen LogP contribution in [-0.2, 0) is 16.4 Å². The molecule has 5 aromatic rings. The van der Waals surface area contributed by atoms with Crippen molar-refractivity contribution in [2.45, 2.75) is 22.4 Å². The number of hydrogen-bond acceptors (Lipinski definition) is 5. The number of rotatable bonds is 8. The van der Waals surface area contributed by atoms with E-state index in [4.69, 9.17) is 4.42 Å². The lowest BCUT2D eigenvalue weighted by atomic mass is 9.91. The third-order valence-corrected chi connectivity index (χ3v) is 8.01. The molecule has 0 amide bonds. The molecule has 0 aliphatic rings. The predicted octanol–water partition coefficient (Wildman–Crippen LogP) is 7.06. The van der Waals surface area contributed by atoms with Crippen LogP contribution in [0.25, 0.3) is 0 Å². The van der Waals surface area contributed by atoms with Gasteiger partial charge >= 0.3 is 0 Å². The number of anilines is 1. The van der Waals surface area contributed by atoms with E-state index in [1.807, 2.05) is 91.0 Å². The van der Waals surface area contributed by atoms with E-state index in [1.165, 1.54) is 0 Å². The van der Waals surface area contributed by atoms with Gasteiger partial charge in [0.05, 0.1) is 10.8 Å². The van der Waals surface area contributed by atoms with E-state index in [0.717, 1.165) is 21.2 Å². The lowest BCUT2D eigenvalue weighted by Crippen LogP contribution is -2.08. The summed E-state index contributed by atoms with van der Waals surface area (Å²) in [5.74, 6) is 0.0471. The van der Waals surface area contributed by atoms with Crippen molar-refractivity contribution in [3.05, 3.63) is 142 Å². The van der Waals surface area contributed by atoms with Crippen LogP contribution in [0.1, 0.15) is 28.5 Å². The minimum Gasteiger partial charge on any atom is -0.423 e. The average molecular weight is 559 g/mol. The molecule has 0 saturated carbocycles. The number of nitrogens with zero attached hydrogens (tertiary/aromatic N) is 1. The SMILES string of the molecule is O=S(=O)(c1ccc(Br)cc1)c1nc(C(c2ccccc2)c2ccccc2)oc1NCc1ccccc1. The average Bonchev–Trinajstić information content (AvgIpc) is 3.34. The molecule has 0 bridgehead atoms. The summed E-state index contributed by atoms with van der Waals surface area (Å²) in [6.07, 6.45) is 0. The van der Waals surface area contributed by atoms with E-state index in [2.05, 4.69) is 26.2 Å². The zero-order valence-corrected chi connectivity index (χ0v) is 21.6. The number of aromatic nitrogens is 1. The second-order valence-electron chi connectivity index (χ2n) is 8.24. The van der Waals surface area contributed by atoms with Crippen molar-refractivity contribution in [2.24, 2.45) is 0 Å². The fourth-order valence-corrected chi connectivity index (χ4v) is 5.56. The Morgan fingerprint density at radius 3 is 1.83 bits per heavy atom. The molecule has 36 heavy (non-hydrogen) atoms. The highest BCUT2D eigenvalue weighted by atomic mass is 79.9. The second kappa shape index (κ2) is 10.5. The van der Waals surface area contributed by atoms with Gasteiger partial charge in [-0.15, -0.1) is 0 Å². The van der Waals surface area contributed by atoms with E-state index in [9.17, 15) is 8.42 Å². The van der Waals surface area contributed by atoms with E-state index in [0.29, 0.717) is 12.4 Å². The van der Waals surface area contributed by atoms with Crippen LogP contribution in [0.5, 0.6) is 0 Å². The molecule has 0 unspecified atom stereocenters. The summed E-state index contributed by atoms with van der Waals surface area (Å²) in [4.78, 5) is 4.76. The monoisotopic (exact) mass is 558 g/mol. The first-order valence-electron chi connectivity index (χ1n) is 11.4. The minimum atomic E-state index is -3.96. The van der Waals surface area contributed by atoms with Crippen LogP contribution in [0.15, 0.2) is 134 Å². The molecule has 0 saturated heterocycles. The summed E-state index contributed by atoms with van der Waals surface area (Å²) in [6, 6.07) is 35.9. The molecule has 0 spiro atoms. The molecule has 0 fully saturated rings. The van der Waals surface area contributed by atoms with E-state index >= 15 is 0 Å². The molecule has 1 N–H and O–H groups in total. The standard InChI is InChI=1S/C29H23BrN2O3S/c30-24-16-18-25(19-17-24)36(33,34)29-28(31-20-21-10-4-1-5-11-21)35-27(32-29)26(22-12-6-2-7-13-22)23-14-8-3-9-15-23/h1-19,26,31H,20H2. The zero-order chi connectivity index (χ0) is 25.0. The van der Waals surface area contributed by atoms with Crippen LogP contribution in [0, 0.1) is 0 Å². The Morgan fingerprint density at radius 2 is 1.28 bits per heavy atom. The molecule has 0 aliphatic heterocycles. The number of benzene rings is 4. The Labute approximate surface area is 218 Å².